The maximum absolute atomic E-state index is 5.81. The van der Waals surface area contributed by atoms with Gasteiger partial charge in [0.15, 0.2) is 0 Å². The van der Waals surface area contributed by atoms with Crippen molar-refractivity contribution in [2.24, 2.45) is 11.1 Å². The Hall–Kier alpha value is 1.42. The smallest absolute Gasteiger partial charge is 0.0146 e. The molecule has 0 aromatic carbocycles. The summed E-state index contributed by atoms with van der Waals surface area (Å²) in [5.41, 5.74) is 5.97. The molecule has 0 aliphatic heterocycles. The number of hydrogen-bond acceptors (Lipinski definition) is 1. The third-order valence-corrected chi connectivity index (χ3v) is 1.93. The Bertz CT molecular complexity index is 66.6. The van der Waals surface area contributed by atoms with Gasteiger partial charge in [-0.25, -0.2) is 0 Å². The molecule has 0 aliphatic rings. The highest BCUT2D eigenvalue weighted by atomic mass is 128. The van der Waals surface area contributed by atoms with Gasteiger partial charge in [-0.15, -0.1) is 0 Å². The summed E-state index contributed by atoms with van der Waals surface area (Å²) in [6.07, 6.45) is 0. The van der Waals surface area contributed by atoms with Crippen molar-refractivity contribution in [1.29, 1.82) is 0 Å². The number of nitrogens with two attached hydrogens (primary N) is 1. The van der Waals surface area contributed by atoms with Gasteiger partial charge in [-0.3, -0.25) is 0 Å². The monoisotopic (exact) mass is 369 g/mol. The summed E-state index contributed by atoms with van der Waals surface area (Å²) in [7, 11) is 0. The summed E-state index contributed by atoms with van der Waals surface area (Å²) in [6, 6.07) is 0. The van der Waals surface area contributed by atoms with Crippen LogP contribution in [0.1, 0.15) is 34.6 Å². The molecule has 0 aliphatic carbocycles. The molecule has 0 fully saturated rings. The Morgan fingerprint density at radius 2 is 1.00 bits per heavy atom. The molecule has 10 heavy (non-hydrogen) atoms. The van der Waals surface area contributed by atoms with Gasteiger partial charge in [-0.2, -0.15) is 0 Å². The zero-order valence-corrected chi connectivity index (χ0v) is 11.6. The molecule has 64 valence electrons. The second kappa shape index (κ2) is 5.13. The van der Waals surface area contributed by atoms with Crippen LogP contribution >= 0.6 is 37.2 Å². The SMILES string of the molecule is CC(C)(C)C(C)(C)N.II. The van der Waals surface area contributed by atoms with Gasteiger partial charge in [0.05, 0.1) is 0 Å². The summed E-state index contributed by atoms with van der Waals surface area (Å²) < 4.78 is 0. The van der Waals surface area contributed by atoms with E-state index in [1.54, 1.807) is 0 Å². The van der Waals surface area contributed by atoms with E-state index in [-0.39, 0.29) is 11.0 Å². The maximum Gasteiger partial charge on any atom is 0.0146 e. The van der Waals surface area contributed by atoms with Gasteiger partial charge >= 0.3 is 0 Å². The molecular formula is C7H17I2N. The van der Waals surface area contributed by atoms with Gasteiger partial charge in [0.25, 0.3) is 0 Å². The molecule has 0 saturated carbocycles. The predicted octanol–water partition coefficient (Wildman–Crippen LogP) is 3.54. The van der Waals surface area contributed by atoms with E-state index >= 15 is 0 Å². The number of hydrogen-bond donors (Lipinski definition) is 1. The largest absolute Gasteiger partial charge is 0.325 e. The second-order valence-electron chi connectivity index (χ2n) is 3.97. The van der Waals surface area contributed by atoms with E-state index in [9.17, 15) is 0 Å². The zero-order valence-electron chi connectivity index (χ0n) is 7.33. The van der Waals surface area contributed by atoms with Crippen LogP contribution in [0, 0.1) is 5.41 Å². The average molecular weight is 369 g/mol. The molecule has 0 aromatic heterocycles. The van der Waals surface area contributed by atoms with Crippen molar-refractivity contribution >= 4 is 37.2 Å². The molecule has 0 bridgehead atoms. The first-order chi connectivity index (χ1) is 4.25. The van der Waals surface area contributed by atoms with Crippen molar-refractivity contribution in [3.8, 4) is 0 Å². The van der Waals surface area contributed by atoms with Gasteiger partial charge in [-0.1, -0.05) is 20.8 Å². The van der Waals surface area contributed by atoms with Crippen LogP contribution in [0.15, 0.2) is 0 Å². The van der Waals surface area contributed by atoms with E-state index in [4.69, 9.17) is 5.73 Å². The highest BCUT2D eigenvalue weighted by Gasteiger charge is 2.27. The van der Waals surface area contributed by atoms with Crippen molar-refractivity contribution < 1.29 is 0 Å². The lowest BCUT2D eigenvalue weighted by Crippen LogP contribution is -2.45. The fourth-order valence-electron chi connectivity index (χ4n) is 0. The molecule has 0 unspecified atom stereocenters. The van der Waals surface area contributed by atoms with Crippen LogP contribution in [0.5, 0.6) is 0 Å². The standard InChI is InChI=1S/C7H17N.I2/c1-6(2,3)7(4,5)8;1-2/h8H2,1-5H3;. The van der Waals surface area contributed by atoms with Crippen LogP contribution < -0.4 is 5.73 Å². The Kier molecular flexibility index (Phi) is 7.17. The zero-order chi connectivity index (χ0) is 9.00. The van der Waals surface area contributed by atoms with Crippen LogP contribution in [0.2, 0.25) is 0 Å². The highest BCUT2D eigenvalue weighted by molar-refractivity contribution is 15.0. The molecule has 0 atom stereocenters. The first kappa shape index (κ1) is 14.0. The van der Waals surface area contributed by atoms with Crippen molar-refractivity contribution in [3.63, 3.8) is 0 Å². The summed E-state index contributed by atoms with van der Waals surface area (Å²) in [4.78, 5) is 0. The minimum Gasteiger partial charge on any atom is -0.325 e. The topological polar surface area (TPSA) is 26.0 Å². The molecule has 0 amide bonds. The summed E-state index contributed by atoms with van der Waals surface area (Å²) in [6.45, 7) is 10.5. The molecular weight excluding hydrogens is 352 g/mol. The molecule has 0 saturated heterocycles. The van der Waals surface area contributed by atoms with Crippen LogP contribution in [0.25, 0.3) is 0 Å². The van der Waals surface area contributed by atoms with Crippen molar-refractivity contribution in [3.05, 3.63) is 0 Å². The van der Waals surface area contributed by atoms with E-state index in [0.717, 1.165) is 0 Å². The van der Waals surface area contributed by atoms with E-state index in [1.807, 2.05) is 13.8 Å². The van der Waals surface area contributed by atoms with Crippen LogP contribution in [0.3, 0.4) is 0 Å². The minimum atomic E-state index is -0.0625. The lowest BCUT2D eigenvalue weighted by molar-refractivity contribution is 0.230. The lowest BCUT2D eigenvalue weighted by Gasteiger charge is -2.34. The quantitative estimate of drug-likeness (QED) is 0.650. The van der Waals surface area contributed by atoms with Gasteiger partial charge in [-0.05, 0) is 19.3 Å². The fraction of sp³-hybridized carbons (Fsp3) is 1.00. The Balaban J connectivity index is 0. The van der Waals surface area contributed by atoms with E-state index in [2.05, 4.69) is 58.0 Å². The van der Waals surface area contributed by atoms with Crippen LogP contribution in [-0.2, 0) is 0 Å². The van der Waals surface area contributed by atoms with Crippen molar-refractivity contribution in [2.45, 2.75) is 40.2 Å². The summed E-state index contributed by atoms with van der Waals surface area (Å²) in [5, 5.41) is 0. The maximum atomic E-state index is 5.81. The average Bonchev–Trinajstić information content (AvgIpc) is 1.66. The predicted molar refractivity (Wildman–Crippen MR) is 65.8 cm³/mol. The first-order valence-electron chi connectivity index (χ1n) is 3.18. The second-order valence-corrected chi connectivity index (χ2v) is 3.97. The number of halogens is 2. The van der Waals surface area contributed by atoms with Crippen LogP contribution in [0.4, 0.5) is 0 Å². The molecule has 0 radical (unpaired) electrons. The number of rotatable bonds is 0. The third-order valence-electron chi connectivity index (χ3n) is 1.93. The highest BCUT2D eigenvalue weighted by Crippen LogP contribution is 2.26. The van der Waals surface area contributed by atoms with Crippen molar-refractivity contribution in [1.82, 2.24) is 0 Å². The van der Waals surface area contributed by atoms with Gasteiger partial charge in [0.1, 0.15) is 0 Å². The summed E-state index contributed by atoms with van der Waals surface area (Å²) in [5.74, 6) is 0. The van der Waals surface area contributed by atoms with Crippen molar-refractivity contribution in [2.75, 3.05) is 0 Å². The lowest BCUT2D eigenvalue weighted by atomic mass is 9.77. The summed E-state index contributed by atoms with van der Waals surface area (Å²) >= 11 is 4.24. The van der Waals surface area contributed by atoms with Gasteiger partial charge < -0.3 is 5.73 Å². The van der Waals surface area contributed by atoms with E-state index in [0.29, 0.717) is 0 Å². The third kappa shape index (κ3) is 6.15. The molecule has 0 rings (SSSR count). The van der Waals surface area contributed by atoms with Gasteiger partial charge in [0, 0.05) is 42.8 Å². The van der Waals surface area contributed by atoms with E-state index < -0.39 is 0 Å². The van der Waals surface area contributed by atoms with Crippen LogP contribution in [-0.4, -0.2) is 5.54 Å². The molecule has 0 spiro atoms. The fourth-order valence-corrected chi connectivity index (χ4v) is 0. The minimum absolute atomic E-state index is 0.0625. The molecule has 2 N–H and O–H groups in total. The first-order valence-corrected chi connectivity index (χ1v) is 9.47. The molecule has 3 heteroatoms. The Morgan fingerprint density at radius 3 is 1.00 bits per heavy atom. The molecule has 1 nitrogen and oxygen atoms in total. The van der Waals surface area contributed by atoms with Gasteiger partial charge in [0.2, 0.25) is 0 Å². The molecule has 0 aromatic rings. The normalized spacial score (nSPS) is 12.0. The molecule has 0 heterocycles. The Morgan fingerprint density at radius 1 is 0.900 bits per heavy atom. The van der Waals surface area contributed by atoms with E-state index in [1.165, 1.54) is 0 Å². The Labute approximate surface area is 87.8 Å².